The van der Waals surface area contributed by atoms with Crippen LogP contribution in [-0.4, -0.2) is 30.6 Å². The van der Waals surface area contributed by atoms with E-state index in [0.717, 1.165) is 0 Å². The Hall–Kier alpha value is -1.62. The molecule has 0 aromatic carbocycles. The van der Waals surface area contributed by atoms with Crippen molar-refractivity contribution in [2.45, 2.75) is 0 Å². The Morgan fingerprint density at radius 2 is 2.50 bits per heavy atom. The second kappa shape index (κ2) is 5.93. The van der Waals surface area contributed by atoms with E-state index in [0.29, 0.717) is 18.8 Å². The van der Waals surface area contributed by atoms with Crippen molar-refractivity contribution in [2.24, 2.45) is 5.73 Å². The van der Waals surface area contributed by atoms with E-state index in [1.807, 2.05) is 0 Å². The van der Waals surface area contributed by atoms with Crippen LogP contribution in [0.3, 0.4) is 0 Å². The van der Waals surface area contributed by atoms with Gasteiger partial charge < -0.3 is 15.8 Å². The first-order valence-electron chi connectivity index (χ1n) is 4.32. The molecule has 0 saturated carbocycles. The minimum atomic E-state index is -0.181. The zero-order valence-corrected chi connectivity index (χ0v) is 7.77. The molecule has 3 N–H and O–H groups in total. The van der Waals surface area contributed by atoms with Crippen molar-refractivity contribution < 1.29 is 9.53 Å². The van der Waals surface area contributed by atoms with Crippen LogP contribution in [0.15, 0.2) is 24.5 Å². The first-order chi connectivity index (χ1) is 6.83. The summed E-state index contributed by atoms with van der Waals surface area (Å²) >= 11 is 0. The van der Waals surface area contributed by atoms with Gasteiger partial charge in [-0.3, -0.25) is 9.78 Å². The van der Waals surface area contributed by atoms with Crippen molar-refractivity contribution in [3.8, 4) is 5.75 Å². The highest BCUT2D eigenvalue weighted by Gasteiger charge is 2.00. The number of nitrogens with two attached hydrogens (primary N) is 1. The molecule has 1 heterocycles. The standard InChI is InChI=1S/C9H13N3O2/c10-3-5-12-9(13)7-14-8-2-1-4-11-6-8/h1-2,4,6H,3,5,7,10H2,(H,12,13). The number of hydrogen-bond donors (Lipinski definition) is 2. The van der Waals surface area contributed by atoms with Gasteiger partial charge in [-0.1, -0.05) is 0 Å². The zero-order valence-electron chi connectivity index (χ0n) is 7.77. The van der Waals surface area contributed by atoms with Gasteiger partial charge in [0.15, 0.2) is 6.61 Å². The van der Waals surface area contributed by atoms with Crippen molar-refractivity contribution >= 4 is 5.91 Å². The van der Waals surface area contributed by atoms with E-state index in [1.165, 1.54) is 0 Å². The lowest BCUT2D eigenvalue weighted by molar-refractivity contribution is -0.123. The zero-order chi connectivity index (χ0) is 10.2. The molecular weight excluding hydrogens is 182 g/mol. The topological polar surface area (TPSA) is 77.2 Å². The van der Waals surface area contributed by atoms with Gasteiger partial charge in [0.2, 0.25) is 0 Å². The molecule has 0 saturated heterocycles. The fraction of sp³-hybridized carbons (Fsp3) is 0.333. The highest BCUT2D eigenvalue weighted by molar-refractivity contribution is 5.77. The summed E-state index contributed by atoms with van der Waals surface area (Å²) in [5, 5.41) is 2.59. The number of carbonyl (C=O) groups is 1. The number of amides is 1. The van der Waals surface area contributed by atoms with Crippen LogP contribution in [0.2, 0.25) is 0 Å². The summed E-state index contributed by atoms with van der Waals surface area (Å²) in [6.45, 7) is 0.888. The molecule has 0 spiro atoms. The number of aromatic nitrogens is 1. The van der Waals surface area contributed by atoms with Gasteiger partial charge in [-0.25, -0.2) is 0 Å². The number of nitrogens with zero attached hydrogens (tertiary/aromatic N) is 1. The Kier molecular flexibility index (Phi) is 4.43. The largest absolute Gasteiger partial charge is 0.482 e. The van der Waals surface area contributed by atoms with E-state index in [1.54, 1.807) is 24.5 Å². The minimum Gasteiger partial charge on any atom is -0.482 e. The lowest BCUT2D eigenvalue weighted by Gasteiger charge is -2.05. The number of nitrogens with one attached hydrogen (secondary N) is 1. The number of pyridine rings is 1. The second-order valence-electron chi connectivity index (χ2n) is 2.62. The molecule has 0 atom stereocenters. The van der Waals surface area contributed by atoms with Gasteiger partial charge in [-0.05, 0) is 12.1 Å². The van der Waals surface area contributed by atoms with Gasteiger partial charge in [-0.2, -0.15) is 0 Å². The van der Waals surface area contributed by atoms with Gasteiger partial charge in [0.1, 0.15) is 5.75 Å². The molecular formula is C9H13N3O2. The molecule has 0 aliphatic heterocycles. The molecule has 5 nitrogen and oxygen atoms in total. The van der Waals surface area contributed by atoms with Crippen molar-refractivity contribution in [2.75, 3.05) is 19.7 Å². The van der Waals surface area contributed by atoms with Crippen LogP contribution >= 0.6 is 0 Å². The summed E-state index contributed by atoms with van der Waals surface area (Å²) in [6.07, 6.45) is 3.19. The third-order valence-corrected chi connectivity index (χ3v) is 1.47. The minimum absolute atomic E-state index is 0.00824. The summed E-state index contributed by atoms with van der Waals surface area (Å²) in [5.74, 6) is 0.398. The van der Waals surface area contributed by atoms with Gasteiger partial charge in [0, 0.05) is 19.3 Å². The van der Waals surface area contributed by atoms with E-state index in [2.05, 4.69) is 10.3 Å². The fourth-order valence-electron chi connectivity index (χ4n) is 0.844. The van der Waals surface area contributed by atoms with E-state index >= 15 is 0 Å². The average Bonchev–Trinajstić information content (AvgIpc) is 2.25. The fourth-order valence-corrected chi connectivity index (χ4v) is 0.844. The Bertz CT molecular complexity index is 277. The average molecular weight is 195 g/mol. The van der Waals surface area contributed by atoms with E-state index in [4.69, 9.17) is 10.5 Å². The highest BCUT2D eigenvalue weighted by atomic mass is 16.5. The van der Waals surface area contributed by atoms with Gasteiger partial charge in [-0.15, -0.1) is 0 Å². The third-order valence-electron chi connectivity index (χ3n) is 1.47. The third kappa shape index (κ3) is 3.86. The van der Waals surface area contributed by atoms with Crippen molar-refractivity contribution in [1.29, 1.82) is 0 Å². The second-order valence-corrected chi connectivity index (χ2v) is 2.62. The Morgan fingerprint density at radius 1 is 1.64 bits per heavy atom. The van der Waals surface area contributed by atoms with Crippen LogP contribution in [0, 0.1) is 0 Å². The van der Waals surface area contributed by atoms with E-state index < -0.39 is 0 Å². The van der Waals surface area contributed by atoms with Crippen molar-refractivity contribution in [1.82, 2.24) is 10.3 Å². The molecule has 0 aliphatic rings. The summed E-state index contributed by atoms with van der Waals surface area (Å²) < 4.78 is 5.15. The van der Waals surface area contributed by atoms with E-state index in [9.17, 15) is 4.79 Å². The summed E-state index contributed by atoms with van der Waals surface area (Å²) in [5.41, 5.74) is 5.22. The van der Waals surface area contributed by atoms with Crippen molar-refractivity contribution in [3.05, 3.63) is 24.5 Å². The summed E-state index contributed by atoms with van der Waals surface area (Å²) in [7, 11) is 0. The highest BCUT2D eigenvalue weighted by Crippen LogP contribution is 2.04. The van der Waals surface area contributed by atoms with Crippen LogP contribution in [0.1, 0.15) is 0 Å². The maximum Gasteiger partial charge on any atom is 0.257 e. The van der Waals surface area contributed by atoms with E-state index in [-0.39, 0.29) is 12.5 Å². The monoisotopic (exact) mass is 195 g/mol. The Labute approximate surface area is 82.3 Å². The SMILES string of the molecule is NCCNC(=O)COc1cccnc1. The normalized spacial score (nSPS) is 9.50. The number of rotatable bonds is 5. The maximum atomic E-state index is 11.1. The lowest BCUT2D eigenvalue weighted by atomic mass is 10.5. The molecule has 1 aromatic heterocycles. The number of ether oxygens (including phenoxy) is 1. The molecule has 0 radical (unpaired) electrons. The van der Waals surface area contributed by atoms with Crippen molar-refractivity contribution in [3.63, 3.8) is 0 Å². The van der Waals surface area contributed by atoms with Gasteiger partial charge in [0.25, 0.3) is 5.91 Å². The van der Waals surface area contributed by atoms with Crippen LogP contribution in [0.4, 0.5) is 0 Å². The van der Waals surface area contributed by atoms with Gasteiger partial charge in [0.05, 0.1) is 6.20 Å². The molecule has 5 heteroatoms. The molecule has 1 aromatic rings. The van der Waals surface area contributed by atoms with Crippen LogP contribution in [0.25, 0.3) is 0 Å². The molecule has 0 unspecified atom stereocenters. The predicted octanol–water partition coefficient (Wildman–Crippen LogP) is -0.465. The number of hydrogen-bond acceptors (Lipinski definition) is 4. The van der Waals surface area contributed by atoms with Crippen LogP contribution in [-0.2, 0) is 4.79 Å². The first-order valence-corrected chi connectivity index (χ1v) is 4.32. The molecule has 0 aliphatic carbocycles. The first kappa shape index (κ1) is 10.5. The molecule has 1 rings (SSSR count). The summed E-state index contributed by atoms with van der Waals surface area (Å²) in [6, 6.07) is 3.48. The molecule has 0 bridgehead atoms. The molecule has 1 amide bonds. The van der Waals surface area contributed by atoms with Gasteiger partial charge >= 0.3 is 0 Å². The number of carbonyl (C=O) groups excluding carboxylic acids is 1. The maximum absolute atomic E-state index is 11.1. The predicted molar refractivity (Wildman–Crippen MR) is 51.8 cm³/mol. The molecule has 14 heavy (non-hydrogen) atoms. The smallest absolute Gasteiger partial charge is 0.257 e. The molecule has 0 fully saturated rings. The lowest BCUT2D eigenvalue weighted by Crippen LogP contribution is -2.32. The molecule has 76 valence electrons. The summed E-state index contributed by atoms with van der Waals surface area (Å²) in [4.78, 5) is 14.9. The Balaban J connectivity index is 2.24. The Morgan fingerprint density at radius 3 is 3.14 bits per heavy atom. The van der Waals surface area contributed by atoms with Crippen LogP contribution in [0.5, 0.6) is 5.75 Å². The quantitative estimate of drug-likeness (QED) is 0.666. The van der Waals surface area contributed by atoms with Crippen LogP contribution < -0.4 is 15.8 Å².